The molecular formula is C29H31F3O2. The monoisotopic (exact) mass is 468 g/mol. The van der Waals surface area contributed by atoms with E-state index in [9.17, 15) is 18.3 Å². The SMILES string of the molecule is CCOCc1ccc(CCC2CCC(c3ccc(-c4ccc(O)cc4)c(F)c3F)CC2)c(F)c1. The van der Waals surface area contributed by atoms with Crippen molar-refractivity contribution in [3.05, 3.63) is 88.7 Å². The molecular weight excluding hydrogens is 437 g/mol. The molecule has 1 fully saturated rings. The number of phenols is 1. The highest BCUT2D eigenvalue weighted by atomic mass is 19.2. The number of benzene rings is 3. The van der Waals surface area contributed by atoms with Crippen molar-refractivity contribution in [2.75, 3.05) is 6.61 Å². The summed E-state index contributed by atoms with van der Waals surface area (Å²) in [6.45, 7) is 2.94. The van der Waals surface area contributed by atoms with Crippen LogP contribution in [0.1, 0.15) is 61.6 Å². The van der Waals surface area contributed by atoms with Crippen LogP contribution in [-0.4, -0.2) is 11.7 Å². The molecule has 0 bridgehead atoms. The van der Waals surface area contributed by atoms with Gasteiger partial charge in [-0.2, -0.15) is 0 Å². The molecule has 180 valence electrons. The maximum Gasteiger partial charge on any atom is 0.166 e. The third-order valence-corrected chi connectivity index (χ3v) is 6.99. The van der Waals surface area contributed by atoms with Crippen molar-refractivity contribution in [1.29, 1.82) is 0 Å². The molecule has 2 nitrogen and oxygen atoms in total. The van der Waals surface area contributed by atoms with E-state index in [4.69, 9.17) is 4.74 Å². The first-order chi connectivity index (χ1) is 16.5. The lowest BCUT2D eigenvalue weighted by atomic mass is 9.76. The van der Waals surface area contributed by atoms with Gasteiger partial charge in [0, 0.05) is 12.2 Å². The fraction of sp³-hybridized carbons (Fsp3) is 0.379. The standard InChI is InChI=1S/C29H31F3O2/c1-2-34-18-20-6-10-23(27(30)17-20)9-5-19-3-7-21(8-4-19)25-15-16-26(29(32)28(25)31)22-11-13-24(33)14-12-22/h6,10-17,19,21,33H,2-5,7-9,18H2,1H3. The molecule has 4 rings (SSSR count). The predicted molar refractivity (Wildman–Crippen MR) is 128 cm³/mol. The minimum atomic E-state index is -0.839. The summed E-state index contributed by atoms with van der Waals surface area (Å²) >= 11 is 0. The molecule has 1 saturated carbocycles. The first-order valence-corrected chi connectivity index (χ1v) is 12.1. The normalized spacial score (nSPS) is 18.2. The van der Waals surface area contributed by atoms with E-state index in [1.807, 2.05) is 19.1 Å². The summed E-state index contributed by atoms with van der Waals surface area (Å²) in [6, 6.07) is 14.7. The maximum absolute atomic E-state index is 15.0. The van der Waals surface area contributed by atoms with Crippen LogP contribution in [0.25, 0.3) is 11.1 Å². The number of ether oxygens (including phenoxy) is 1. The van der Waals surface area contributed by atoms with Crippen LogP contribution < -0.4 is 0 Å². The second-order valence-corrected chi connectivity index (χ2v) is 9.20. The first-order valence-electron chi connectivity index (χ1n) is 12.1. The first kappa shape index (κ1) is 24.3. The van der Waals surface area contributed by atoms with Crippen LogP contribution in [0.4, 0.5) is 13.2 Å². The van der Waals surface area contributed by atoms with Gasteiger partial charge in [0.1, 0.15) is 11.6 Å². The van der Waals surface area contributed by atoms with Gasteiger partial charge in [-0.3, -0.25) is 0 Å². The van der Waals surface area contributed by atoms with Crippen molar-refractivity contribution >= 4 is 0 Å². The third-order valence-electron chi connectivity index (χ3n) is 6.99. The zero-order valence-corrected chi connectivity index (χ0v) is 19.5. The van der Waals surface area contributed by atoms with Crippen LogP contribution in [0.15, 0.2) is 54.6 Å². The smallest absolute Gasteiger partial charge is 0.166 e. The van der Waals surface area contributed by atoms with Gasteiger partial charge in [-0.1, -0.05) is 36.4 Å². The van der Waals surface area contributed by atoms with E-state index in [-0.39, 0.29) is 23.0 Å². The molecule has 0 radical (unpaired) electrons. The second-order valence-electron chi connectivity index (χ2n) is 9.20. The summed E-state index contributed by atoms with van der Waals surface area (Å²) in [5, 5.41) is 9.43. The molecule has 5 heteroatoms. The van der Waals surface area contributed by atoms with Crippen molar-refractivity contribution in [3.63, 3.8) is 0 Å². The zero-order valence-electron chi connectivity index (χ0n) is 19.5. The molecule has 1 aliphatic rings. The molecule has 0 amide bonds. The third kappa shape index (κ3) is 5.64. The van der Waals surface area contributed by atoms with E-state index in [1.54, 1.807) is 30.3 Å². The fourth-order valence-electron chi connectivity index (χ4n) is 4.97. The summed E-state index contributed by atoms with van der Waals surface area (Å²) in [5.74, 6) is -1.26. The molecule has 0 aromatic heterocycles. The lowest BCUT2D eigenvalue weighted by molar-refractivity contribution is 0.134. The average Bonchev–Trinajstić information content (AvgIpc) is 2.85. The van der Waals surface area contributed by atoms with Gasteiger partial charge in [-0.05, 0) is 97.7 Å². The molecule has 0 unspecified atom stereocenters. The van der Waals surface area contributed by atoms with Gasteiger partial charge in [0.15, 0.2) is 11.6 Å². The van der Waals surface area contributed by atoms with E-state index >= 15 is 0 Å². The second kappa shape index (κ2) is 11.1. The van der Waals surface area contributed by atoms with E-state index in [1.165, 1.54) is 12.1 Å². The Labute approximate surface area is 199 Å². The van der Waals surface area contributed by atoms with Crippen molar-refractivity contribution in [2.24, 2.45) is 5.92 Å². The number of halogens is 3. The lowest BCUT2D eigenvalue weighted by Gasteiger charge is -2.29. The van der Waals surface area contributed by atoms with Gasteiger partial charge in [-0.15, -0.1) is 0 Å². The number of aromatic hydroxyl groups is 1. The van der Waals surface area contributed by atoms with E-state index in [0.29, 0.717) is 36.7 Å². The predicted octanol–water partition coefficient (Wildman–Crippen LogP) is 7.92. The molecule has 1 N–H and O–H groups in total. The van der Waals surface area contributed by atoms with Gasteiger partial charge < -0.3 is 9.84 Å². The highest BCUT2D eigenvalue weighted by Crippen LogP contribution is 2.40. The van der Waals surface area contributed by atoms with Gasteiger partial charge in [0.2, 0.25) is 0 Å². The van der Waals surface area contributed by atoms with Gasteiger partial charge in [0.05, 0.1) is 6.61 Å². The number of hydrogen-bond acceptors (Lipinski definition) is 2. The van der Waals surface area contributed by atoms with Gasteiger partial charge in [0.25, 0.3) is 0 Å². The zero-order chi connectivity index (χ0) is 24.1. The Morgan fingerprint density at radius 1 is 0.882 bits per heavy atom. The Kier molecular flexibility index (Phi) is 7.94. The molecule has 34 heavy (non-hydrogen) atoms. The fourth-order valence-corrected chi connectivity index (χ4v) is 4.97. The molecule has 0 saturated heterocycles. The van der Waals surface area contributed by atoms with Gasteiger partial charge in [-0.25, -0.2) is 13.2 Å². The number of phenolic OH excluding ortho intramolecular Hbond substituents is 1. The van der Waals surface area contributed by atoms with Crippen LogP contribution in [-0.2, 0) is 17.8 Å². The Balaban J connectivity index is 1.34. The summed E-state index contributed by atoms with van der Waals surface area (Å²) in [4.78, 5) is 0. The molecule has 0 spiro atoms. The van der Waals surface area contributed by atoms with Crippen LogP contribution in [0.2, 0.25) is 0 Å². The quantitative estimate of drug-likeness (QED) is 0.364. The van der Waals surface area contributed by atoms with Crippen LogP contribution in [0.3, 0.4) is 0 Å². The van der Waals surface area contributed by atoms with Crippen LogP contribution in [0, 0.1) is 23.4 Å². The largest absolute Gasteiger partial charge is 0.508 e. The number of hydrogen-bond donors (Lipinski definition) is 1. The Morgan fingerprint density at radius 3 is 2.29 bits per heavy atom. The highest BCUT2D eigenvalue weighted by molar-refractivity contribution is 5.65. The maximum atomic E-state index is 15.0. The molecule has 0 aliphatic heterocycles. The minimum absolute atomic E-state index is 0.00537. The van der Waals surface area contributed by atoms with Crippen molar-refractivity contribution < 1.29 is 23.0 Å². The summed E-state index contributed by atoms with van der Waals surface area (Å²) in [7, 11) is 0. The Bertz CT molecular complexity index is 1100. The Morgan fingerprint density at radius 2 is 1.62 bits per heavy atom. The molecule has 3 aromatic carbocycles. The van der Waals surface area contributed by atoms with Crippen LogP contribution in [0.5, 0.6) is 5.75 Å². The minimum Gasteiger partial charge on any atom is -0.508 e. The summed E-state index contributed by atoms with van der Waals surface area (Å²) in [6.07, 6.45) is 5.03. The Hall–Kier alpha value is -2.79. The van der Waals surface area contributed by atoms with Gasteiger partial charge >= 0.3 is 0 Å². The number of aryl methyl sites for hydroxylation is 1. The summed E-state index contributed by atoms with van der Waals surface area (Å²) in [5.41, 5.74) is 2.73. The average molecular weight is 469 g/mol. The highest BCUT2D eigenvalue weighted by Gasteiger charge is 2.26. The molecule has 3 aromatic rings. The molecule has 1 aliphatic carbocycles. The molecule has 0 heterocycles. The van der Waals surface area contributed by atoms with Crippen molar-refractivity contribution in [3.8, 4) is 16.9 Å². The lowest BCUT2D eigenvalue weighted by Crippen LogP contribution is -2.16. The summed E-state index contributed by atoms with van der Waals surface area (Å²) < 4.78 is 49.6. The van der Waals surface area contributed by atoms with Crippen molar-refractivity contribution in [2.45, 2.75) is 58.0 Å². The number of rotatable bonds is 8. The van der Waals surface area contributed by atoms with Crippen molar-refractivity contribution in [1.82, 2.24) is 0 Å². The van der Waals surface area contributed by atoms with E-state index in [2.05, 4.69) is 0 Å². The van der Waals surface area contributed by atoms with E-state index < -0.39 is 11.6 Å². The van der Waals surface area contributed by atoms with E-state index in [0.717, 1.165) is 43.2 Å². The molecule has 0 atom stereocenters. The van der Waals surface area contributed by atoms with Crippen LogP contribution >= 0.6 is 0 Å². The topological polar surface area (TPSA) is 29.5 Å².